The van der Waals surface area contributed by atoms with Crippen LogP contribution in [0.1, 0.15) is 56.6 Å². The number of piperazine rings is 1. The Morgan fingerprint density at radius 2 is 1.90 bits per heavy atom. The molecular formula is C38H40F2N6O3. The van der Waals surface area contributed by atoms with Crippen molar-refractivity contribution in [1.29, 1.82) is 5.26 Å². The van der Waals surface area contributed by atoms with Crippen LogP contribution in [-0.4, -0.2) is 83.6 Å². The lowest BCUT2D eigenvalue weighted by Crippen LogP contribution is -2.51. The van der Waals surface area contributed by atoms with Crippen molar-refractivity contribution in [3.05, 3.63) is 53.1 Å². The number of nitrogens with zero attached hydrogens (tertiary/aromatic N) is 5. The summed E-state index contributed by atoms with van der Waals surface area (Å²) < 4.78 is 44.8. The molecule has 2 unspecified atom stereocenters. The molecule has 4 aromatic rings. The van der Waals surface area contributed by atoms with E-state index in [1.807, 2.05) is 6.92 Å². The Bertz CT molecular complexity index is 2030. The number of benzene rings is 3. The van der Waals surface area contributed by atoms with E-state index in [-0.39, 0.29) is 45.0 Å². The summed E-state index contributed by atoms with van der Waals surface area (Å²) in [6, 6.07) is 10.4. The first kappa shape index (κ1) is 30.9. The number of nitriles is 1. The number of morpholine rings is 1. The van der Waals surface area contributed by atoms with Gasteiger partial charge in [0.05, 0.1) is 30.4 Å². The number of nitrogens with one attached hydrogen (secondary N) is 1. The van der Waals surface area contributed by atoms with E-state index in [4.69, 9.17) is 14.5 Å². The summed E-state index contributed by atoms with van der Waals surface area (Å²) in [6.07, 6.45) is 6.81. The number of anilines is 1. The summed E-state index contributed by atoms with van der Waals surface area (Å²) in [5.41, 5.74) is 0.775. The fourth-order valence-corrected chi connectivity index (χ4v) is 8.58. The van der Waals surface area contributed by atoms with Crippen LogP contribution in [0.15, 0.2) is 30.3 Å². The van der Waals surface area contributed by atoms with Crippen molar-refractivity contribution in [2.75, 3.05) is 50.8 Å². The second-order valence-corrected chi connectivity index (χ2v) is 15.0. The quantitative estimate of drug-likeness (QED) is 0.240. The molecule has 5 fully saturated rings. The van der Waals surface area contributed by atoms with Gasteiger partial charge in [-0.15, -0.1) is 0 Å². The minimum Gasteiger partial charge on any atom is -0.508 e. The van der Waals surface area contributed by atoms with E-state index in [1.54, 1.807) is 12.1 Å². The van der Waals surface area contributed by atoms with E-state index in [0.717, 1.165) is 64.8 Å². The maximum Gasteiger partial charge on any atom is 0.319 e. The van der Waals surface area contributed by atoms with Gasteiger partial charge >= 0.3 is 6.01 Å². The molecule has 9 rings (SSSR count). The smallest absolute Gasteiger partial charge is 0.319 e. The van der Waals surface area contributed by atoms with E-state index in [2.05, 4.69) is 26.2 Å². The van der Waals surface area contributed by atoms with E-state index in [0.29, 0.717) is 65.7 Å². The van der Waals surface area contributed by atoms with Crippen LogP contribution in [0.3, 0.4) is 0 Å². The molecule has 0 radical (unpaired) electrons. The van der Waals surface area contributed by atoms with Crippen molar-refractivity contribution in [3.63, 3.8) is 0 Å². The number of phenolic OH excluding ortho intramolecular Hbond substituents is 1. The van der Waals surface area contributed by atoms with Crippen molar-refractivity contribution >= 4 is 27.5 Å². The topological polar surface area (TPSA) is 107 Å². The zero-order valence-electron chi connectivity index (χ0n) is 27.7. The van der Waals surface area contributed by atoms with E-state index < -0.39 is 11.6 Å². The van der Waals surface area contributed by atoms with Gasteiger partial charge in [-0.1, -0.05) is 13.0 Å². The molecule has 254 valence electrons. The Kier molecular flexibility index (Phi) is 7.24. The number of ether oxygens (including phenoxy) is 2. The number of hydrogen-bond acceptors (Lipinski definition) is 9. The molecule has 3 aliphatic heterocycles. The molecule has 1 aromatic heterocycles. The molecule has 3 aromatic carbocycles. The second kappa shape index (κ2) is 11.5. The summed E-state index contributed by atoms with van der Waals surface area (Å²) in [4.78, 5) is 14.3. The number of rotatable bonds is 8. The number of halogens is 2. The molecule has 49 heavy (non-hydrogen) atoms. The Morgan fingerprint density at radius 1 is 1.10 bits per heavy atom. The largest absolute Gasteiger partial charge is 0.508 e. The Hall–Kier alpha value is -4.11. The van der Waals surface area contributed by atoms with Crippen LogP contribution >= 0.6 is 0 Å². The zero-order valence-corrected chi connectivity index (χ0v) is 27.7. The molecule has 2 saturated carbocycles. The number of aromatic hydroxyl groups is 1. The molecule has 5 aliphatic rings. The highest BCUT2D eigenvalue weighted by atomic mass is 19.1. The van der Waals surface area contributed by atoms with E-state index in [9.17, 15) is 10.4 Å². The highest BCUT2D eigenvalue weighted by Gasteiger charge is 2.51. The molecule has 3 saturated heterocycles. The summed E-state index contributed by atoms with van der Waals surface area (Å²) in [7, 11) is 0. The van der Waals surface area contributed by atoms with Gasteiger partial charge in [-0.3, -0.25) is 4.90 Å². The Balaban J connectivity index is 1.15. The maximum absolute atomic E-state index is 17.2. The molecule has 0 amide bonds. The van der Waals surface area contributed by atoms with Crippen LogP contribution in [0.25, 0.3) is 32.8 Å². The van der Waals surface area contributed by atoms with Gasteiger partial charge in [0, 0.05) is 61.2 Å². The zero-order chi connectivity index (χ0) is 33.5. The van der Waals surface area contributed by atoms with E-state index >= 15 is 8.78 Å². The molecule has 11 heteroatoms. The van der Waals surface area contributed by atoms with Gasteiger partial charge in [-0.25, -0.2) is 8.78 Å². The maximum atomic E-state index is 17.2. The molecule has 1 spiro atoms. The average molecular weight is 667 g/mol. The van der Waals surface area contributed by atoms with Gasteiger partial charge in [-0.05, 0) is 91.1 Å². The number of hydrogen-bond donors (Lipinski definition) is 2. The monoisotopic (exact) mass is 666 g/mol. The van der Waals surface area contributed by atoms with Crippen molar-refractivity contribution < 1.29 is 23.4 Å². The second-order valence-electron chi connectivity index (χ2n) is 15.0. The first-order chi connectivity index (χ1) is 23.8. The molecule has 2 atom stereocenters. The van der Waals surface area contributed by atoms with Crippen molar-refractivity contribution in [2.45, 2.75) is 69.6 Å². The fourth-order valence-electron chi connectivity index (χ4n) is 8.58. The van der Waals surface area contributed by atoms with Crippen LogP contribution in [-0.2, 0) is 11.2 Å². The standard InChI is InChI=1S/C38H40F2N6O3/c1-2-27-30(39)6-3-22-13-26(47)15-28(31(22)27)32-23(16-41)14-29-34(33(32)40)43-36(44-35(29)46-17-24-4-5-25(18-46)42-24)48-21-37(7-8-37)19-45-11-12-49-38(20-45)9-10-38/h3,6,13-15,24-25,42,47H,2,4-5,7-12,17-21H2,1H3. The highest BCUT2D eigenvalue weighted by Crippen LogP contribution is 2.49. The predicted molar refractivity (Wildman–Crippen MR) is 182 cm³/mol. The van der Waals surface area contributed by atoms with Gasteiger partial charge in [0.1, 0.15) is 22.9 Å². The lowest BCUT2D eigenvalue weighted by Gasteiger charge is -2.35. The molecule has 9 nitrogen and oxygen atoms in total. The molecular weight excluding hydrogens is 626 g/mol. The summed E-state index contributed by atoms with van der Waals surface area (Å²) in [6.45, 7) is 7.21. The van der Waals surface area contributed by atoms with Crippen LogP contribution in [0.5, 0.6) is 11.8 Å². The molecule has 2 aliphatic carbocycles. The highest BCUT2D eigenvalue weighted by molar-refractivity contribution is 6.04. The summed E-state index contributed by atoms with van der Waals surface area (Å²) in [5, 5.41) is 26.3. The fraction of sp³-hybridized carbons (Fsp3) is 0.500. The van der Waals surface area contributed by atoms with Gasteiger partial charge in [0.25, 0.3) is 0 Å². The third-order valence-corrected chi connectivity index (χ3v) is 11.5. The van der Waals surface area contributed by atoms with Crippen molar-refractivity contribution in [3.8, 4) is 29.0 Å². The van der Waals surface area contributed by atoms with E-state index in [1.165, 1.54) is 18.2 Å². The third-order valence-electron chi connectivity index (χ3n) is 11.5. The lowest BCUT2D eigenvalue weighted by molar-refractivity contribution is -0.0532. The van der Waals surface area contributed by atoms with Crippen molar-refractivity contribution in [2.24, 2.45) is 5.41 Å². The molecule has 2 bridgehead atoms. The predicted octanol–water partition coefficient (Wildman–Crippen LogP) is 5.83. The number of aromatic nitrogens is 2. The molecule has 4 heterocycles. The average Bonchev–Trinajstić information content (AvgIpc) is 4.02. The lowest BCUT2D eigenvalue weighted by atomic mass is 9.89. The normalized spacial score (nSPS) is 23.7. The van der Waals surface area contributed by atoms with Crippen LogP contribution in [0.4, 0.5) is 14.6 Å². The minimum absolute atomic E-state index is 0.00443. The summed E-state index contributed by atoms with van der Waals surface area (Å²) >= 11 is 0. The Labute approximate surface area is 283 Å². The minimum atomic E-state index is -0.719. The summed E-state index contributed by atoms with van der Waals surface area (Å²) in [5.74, 6) is -0.697. The number of aryl methyl sites for hydroxylation is 1. The third kappa shape index (κ3) is 5.45. The molecule has 2 N–H and O–H groups in total. The van der Waals surface area contributed by atoms with Gasteiger partial charge in [0.2, 0.25) is 0 Å². The first-order valence-electron chi connectivity index (χ1n) is 17.6. The number of phenols is 1. The van der Waals surface area contributed by atoms with Crippen molar-refractivity contribution in [1.82, 2.24) is 20.2 Å². The Morgan fingerprint density at radius 3 is 2.61 bits per heavy atom. The van der Waals surface area contributed by atoms with Crippen LogP contribution in [0.2, 0.25) is 0 Å². The van der Waals surface area contributed by atoms with Gasteiger partial charge in [-0.2, -0.15) is 15.2 Å². The first-order valence-corrected chi connectivity index (χ1v) is 17.6. The van der Waals surface area contributed by atoms with Gasteiger partial charge in [0.15, 0.2) is 5.82 Å². The van der Waals surface area contributed by atoms with Crippen LogP contribution < -0.4 is 15.0 Å². The van der Waals surface area contributed by atoms with Gasteiger partial charge < -0.3 is 24.8 Å². The number of fused-ring (bicyclic) bond motifs is 4. The van der Waals surface area contributed by atoms with Crippen LogP contribution in [0, 0.1) is 28.4 Å². The SMILES string of the molecule is CCc1c(F)ccc2cc(O)cc(-c3c(C#N)cc4c(N5CC6CCC(C5)N6)nc(OCC5(CN6CCOC7(CC7)C6)CC5)nc4c3F)c12.